The summed E-state index contributed by atoms with van der Waals surface area (Å²) in [5.41, 5.74) is 0.264. The molecule has 0 spiro atoms. The van der Waals surface area contributed by atoms with Crippen molar-refractivity contribution in [2.75, 3.05) is 0 Å². The first kappa shape index (κ1) is 11.1. The first-order chi connectivity index (χ1) is 7.50. The molecule has 2 atom stereocenters. The molecule has 1 N–H and O–H groups in total. The maximum absolute atomic E-state index is 12.8. The van der Waals surface area contributed by atoms with E-state index in [0.29, 0.717) is 6.42 Å². The molecule has 0 bridgehead atoms. The van der Waals surface area contributed by atoms with Gasteiger partial charge in [-0.1, -0.05) is 11.6 Å². The van der Waals surface area contributed by atoms with Crippen molar-refractivity contribution in [3.8, 4) is 0 Å². The fourth-order valence-electron chi connectivity index (χ4n) is 1.62. The molecule has 16 heavy (non-hydrogen) atoms. The lowest BCUT2D eigenvalue weighted by Gasteiger charge is -2.00. The van der Waals surface area contributed by atoms with Crippen LogP contribution in [0.5, 0.6) is 0 Å². The molecule has 0 aromatic heterocycles. The number of rotatable bonds is 3. The fourth-order valence-corrected chi connectivity index (χ4v) is 1.80. The van der Waals surface area contributed by atoms with Crippen LogP contribution >= 0.6 is 11.6 Å². The van der Waals surface area contributed by atoms with Gasteiger partial charge in [-0.05, 0) is 24.6 Å². The van der Waals surface area contributed by atoms with Gasteiger partial charge in [0.25, 0.3) is 0 Å². The molecule has 5 heteroatoms. The molecule has 0 radical (unpaired) electrons. The van der Waals surface area contributed by atoms with E-state index in [2.05, 4.69) is 0 Å². The number of carbonyl (C=O) groups excluding carboxylic acids is 1. The van der Waals surface area contributed by atoms with Crippen molar-refractivity contribution in [2.24, 2.45) is 11.8 Å². The van der Waals surface area contributed by atoms with Crippen molar-refractivity contribution in [1.82, 2.24) is 0 Å². The third-order valence-corrected chi connectivity index (χ3v) is 2.94. The number of aliphatic carboxylic acids is 1. The normalized spacial score (nSPS) is 22.9. The molecule has 0 aliphatic heterocycles. The van der Waals surface area contributed by atoms with Crippen LogP contribution in [0.3, 0.4) is 0 Å². The minimum Gasteiger partial charge on any atom is -0.481 e. The van der Waals surface area contributed by atoms with Gasteiger partial charge in [-0.15, -0.1) is 0 Å². The molecule has 2 unspecified atom stereocenters. The molecule has 3 nitrogen and oxygen atoms in total. The van der Waals surface area contributed by atoms with E-state index in [1.165, 1.54) is 12.1 Å². The number of Topliss-reactive ketones (excluding diaryl/α,β-unsaturated/α-hetero) is 1. The average Bonchev–Trinajstić information content (AvgIpc) is 3.01. The largest absolute Gasteiger partial charge is 0.481 e. The first-order valence-corrected chi connectivity index (χ1v) is 5.10. The fraction of sp³-hybridized carbons (Fsp3) is 0.273. The first-order valence-electron chi connectivity index (χ1n) is 4.73. The van der Waals surface area contributed by atoms with Crippen LogP contribution in [0.1, 0.15) is 16.8 Å². The number of ketones is 1. The zero-order valence-electron chi connectivity index (χ0n) is 8.11. The van der Waals surface area contributed by atoms with Gasteiger partial charge in [-0.2, -0.15) is 0 Å². The number of halogens is 2. The average molecular weight is 243 g/mol. The van der Waals surface area contributed by atoms with Crippen LogP contribution in [-0.2, 0) is 4.79 Å². The number of hydrogen-bond donors (Lipinski definition) is 1. The molecule has 84 valence electrons. The molecule has 1 aliphatic rings. The van der Waals surface area contributed by atoms with E-state index in [1.54, 1.807) is 0 Å². The molecule has 1 fully saturated rings. The van der Waals surface area contributed by atoms with Crippen molar-refractivity contribution >= 4 is 23.4 Å². The molecular weight excluding hydrogens is 235 g/mol. The van der Waals surface area contributed by atoms with Crippen LogP contribution < -0.4 is 0 Å². The summed E-state index contributed by atoms with van der Waals surface area (Å²) in [6.07, 6.45) is 0.350. The zero-order chi connectivity index (χ0) is 11.9. The number of benzene rings is 1. The summed E-state index contributed by atoms with van der Waals surface area (Å²) in [4.78, 5) is 22.3. The van der Waals surface area contributed by atoms with Crippen molar-refractivity contribution < 1.29 is 19.1 Å². The highest BCUT2D eigenvalue weighted by Crippen LogP contribution is 2.41. The maximum atomic E-state index is 12.8. The summed E-state index contributed by atoms with van der Waals surface area (Å²) in [5.74, 6) is -2.93. The summed E-state index contributed by atoms with van der Waals surface area (Å²) in [6.45, 7) is 0. The van der Waals surface area contributed by atoms with E-state index in [0.717, 1.165) is 6.07 Å². The quantitative estimate of drug-likeness (QED) is 0.828. The predicted octanol–water partition coefficient (Wildman–Crippen LogP) is 2.38. The van der Waals surface area contributed by atoms with Crippen molar-refractivity contribution in [3.63, 3.8) is 0 Å². The van der Waals surface area contributed by atoms with Crippen molar-refractivity contribution in [2.45, 2.75) is 6.42 Å². The highest BCUT2D eigenvalue weighted by Gasteiger charge is 2.48. The zero-order valence-corrected chi connectivity index (χ0v) is 8.87. The summed E-state index contributed by atoms with van der Waals surface area (Å²) >= 11 is 5.54. The van der Waals surface area contributed by atoms with Gasteiger partial charge in [0.15, 0.2) is 5.78 Å². The van der Waals surface area contributed by atoms with Crippen LogP contribution in [0.25, 0.3) is 0 Å². The van der Waals surface area contributed by atoms with E-state index >= 15 is 0 Å². The highest BCUT2D eigenvalue weighted by molar-refractivity contribution is 6.31. The second kappa shape index (κ2) is 3.87. The lowest BCUT2D eigenvalue weighted by atomic mass is 10.1. The van der Waals surface area contributed by atoms with Crippen LogP contribution in [0.4, 0.5) is 4.39 Å². The summed E-state index contributed by atoms with van der Waals surface area (Å²) in [6, 6.07) is 3.66. The maximum Gasteiger partial charge on any atom is 0.307 e. The van der Waals surface area contributed by atoms with Gasteiger partial charge in [0.1, 0.15) is 5.82 Å². The minimum atomic E-state index is -0.966. The Morgan fingerprint density at radius 3 is 2.56 bits per heavy atom. The van der Waals surface area contributed by atoms with E-state index in [-0.39, 0.29) is 16.4 Å². The Kier molecular flexibility index (Phi) is 2.68. The van der Waals surface area contributed by atoms with Crippen LogP contribution in [0.2, 0.25) is 5.02 Å². The number of carboxylic acids is 1. The molecular formula is C11H8ClFO3. The number of hydrogen-bond acceptors (Lipinski definition) is 2. The lowest BCUT2D eigenvalue weighted by molar-refractivity contribution is -0.138. The summed E-state index contributed by atoms with van der Waals surface area (Å²) < 4.78 is 12.8. The molecule has 1 aliphatic carbocycles. The molecule has 0 heterocycles. The van der Waals surface area contributed by atoms with Gasteiger partial charge in [-0.3, -0.25) is 9.59 Å². The van der Waals surface area contributed by atoms with Crippen molar-refractivity contribution in [3.05, 3.63) is 34.6 Å². The number of carbonyl (C=O) groups is 2. The summed E-state index contributed by atoms with van der Waals surface area (Å²) in [5, 5.41) is 8.55. The smallest absolute Gasteiger partial charge is 0.307 e. The summed E-state index contributed by atoms with van der Waals surface area (Å²) in [7, 11) is 0. The third kappa shape index (κ3) is 1.93. The second-order valence-electron chi connectivity index (χ2n) is 3.78. The molecule has 0 amide bonds. The van der Waals surface area contributed by atoms with E-state index in [4.69, 9.17) is 16.7 Å². The topological polar surface area (TPSA) is 54.4 Å². The Hall–Kier alpha value is -1.42. The standard InChI is InChI=1S/C11H8ClFO3/c12-8-3-5(1-2-9(8)13)10(14)6-4-7(6)11(15)16/h1-3,6-7H,4H2,(H,15,16). The van der Waals surface area contributed by atoms with Gasteiger partial charge in [0.2, 0.25) is 0 Å². The van der Waals surface area contributed by atoms with Crippen LogP contribution in [0, 0.1) is 17.7 Å². The lowest BCUT2D eigenvalue weighted by Crippen LogP contribution is -2.08. The van der Waals surface area contributed by atoms with Crippen LogP contribution in [0.15, 0.2) is 18.2 Å². The SMILES string of the molecule is O=C(O)C1CC1C(=O)c1ccc(F)c(Cl)c1. The van der Waals surface area contributed by atoms with Gasteiger partial charge >= 0.3 is 5.97 Å². The second-order valence-corrected chi connectivity index (χ2v) is 4.19. The Morgan fingerprint density at radius 1 is 1.38 bits per heavy atom. The third-order valence-electron chi connectivity index (χ3n) is 2.65. The molecule has 0 saturated heterocycles. The Labute approximate surface area is 95.8 Å². The molecule has 1 saturated carbocycles. The Bertz CT molecular complexity index is 472. The van der Waals surface area contributed by atoms with Crippen molar-refractivity contribution in [1.29, 1.82) is 0 Å². The van der Waals surface area contributed by atoms with Gasteiger partial charge in [-0.25, -0.2) is 4.39 Å². The van der Waals surface area contributed by atoms with Crippen LogP contribution in [-0.4, -0.2) is 16.9 Å². The van der Waals surface area contributed by atoms with Gasteiger partial charge in [0.05, 0.1) is 10.9 Å². The monoisotopic (exact) mass is 242 g/mol. The minimum absolute atomic E-state index is 0.127. The van der Waals surface area contributed by atoms with E-state index in [1.807, 2.05) is 0 Å². The molecule has 2 rings (SSSR count). The van der Waals surface area contributed by atoms with E-state index in [9.17, 15) is 14.0 Å². The Balaban J connectivity index is 2.17. The van der Waals surface area contributed by atoms with Gasteiger partial charge < -0.3 is 5.11 Å². The highest BCUT2D eigenvalue weighted by atomic mass is 35.5. The molecule has 1 aromatic carbocycles. The predicted molar refractivity (Wildman–Crippen MR) is 55.0 cm³/mol. The Morgan fingerprint density at radius 2 is 2.06 bits per heavy atom. The van der Waals surface area contributed by atoms with Gasteiger partial charge in [0, 0.05) is 11.5 Å². The van der Waals surface area contributed by atoms with E-state index < -0.39 is 23.6 Å². The number of carboxylic acid groups (broad SMARTS) is 1. The molecule has 1 aromatic rings.